The van der Waals surface area contributed by atoms with Gasteiger partial charge < -0.3 is 16.4 Å². The van der Waals surface area contributed by atoms with Crippen LogP contribution >= 0.6 is 0 Å². The fourth-order valence-electron chi connectivity index (χ4n) is 1.88. The van der Waals surface area contributed by atoms with Crippen LogP contribution in [0.1, 0.15) is 12.5 Å². The summed E-state index contributed by atoms with van der Waals surface area (Å²) in [6.07, 6.45) is 4.59. The lowest BCUT2D eigenvalue weighted by Crippen LogP contribution is -2.25. The van der Waals surface area contributed by atoms with E-state index in [-0.39, 0.29) is 0 Å². The summed E-state index contributed by atoms with van der Waals surface area (Å²) in [5, 5.41) is 0. The smallest absolute Gasteiger partial charge is 0.0420 e. The number of benzene rings is 1. The predicted molar refractivity (Wildman–Crippen MR) is 92.6 cm³/mol. The van der Waals surface area contributed by atoms with Crippen LogP contribution in [0.3, 0.4) is 0 Å². The van der Waals surface area contributed by atoms with Crippen LogP contribution in [-0.2, 0) is 6.42 Å². The topological polar surface area (TPSA) is 55.3 Å². The van der Waals surface area contributed by atoms with Gasteiger partial charge in [-0.25, -0.2) is 0 Å². The number of rotatable bonds is 8. The molecule has 0 bridgehead atoms. The summed E-state index contributed by atoms with van der Waals surface area (Å²) >= 11 is 0. The molecule has 1 rings (SSSR count). The monoisotopic (exact) mass is 283 g/mol. The van der Waals surface area contributed by atoms with Gasteiger partial charge in [0.1, 0.15) is 0 Å². The van der Waals surface area contributed by atoms with Crippen molar-refractivity contribution < 1.29 is 0 Å². The molecule has 21 heavy (non-hydrogen) atoms. The van der Waals surface area contributed by atoms with E-state index in [4.69, 9.17) is 11.5 Å². The van der Waals surface area contributed by atoms with E-state index in [1.807, 2.05) is 25.1 Å². The summed E-state index contributed by atoms with van der Waals surface area (Å²) in [5.74, 6) is 0. The first-order chi connectivity index (χ1) is 9.88. The molecule has 0 saturated carbocycles. The van der Waals surface area contributed by atoms with Crippen molar-refractivity contribution in [3.8, 4) is 0 Å². The first-order valence-electron chi connectivity index (χ1n) is 6.93. The summed E-state index contributed by atoms with van der Waals surface area (Å²) in [5.41, 5.74) is 15.8. The molecule has 1 aromatic carbocycles. The summed E-state index contributed by atoms with van der Waals surface area (Å²) < 4.78 is 0. The third-order valence-corrected chi connectivity index (χ3v) is 3.12. The van der Waals surface area contributed by atoms with E-state index in [1.54, 1.807) is 6.08 Å². The number of nitrogen functional groups attached to an aromatic ring is 1. The van der Waals surface area contributed by atoms with Crippen molar-refractivity contribution in [1.29, 1.82) is 0 Å². The predicted octanol–water partition coefficient (Wildman–Crippen LogP) is 3.23. The maximum Gasteiger partial charge on any atom is 0.0420 e. The van der Waals surface area contributed by atoms with Crippen molar-refractivity contribution in [2.24, 2.45) is 5.73 Å². The molecule has 0 saturated heterocycles. The molecule has 3 nitrogen and oxygen atoms in total. The minimum atomic E-state index is 0.528. The van der Waals surface area contributed by atoms with Crippen LogP contribution < -0.4 is 11.5 Å². The maximum atomic E-state index is 5.69. The van der Waals surface area contributed by atoms with Crippen molar-refractivity contribution in [2.45, 2.75) is 13.3 Å². The average molecular weight is 283 g/mol. The van der Waals surface area contributed by atoms with Crippen molar-refractivity contribution in [3.05, 3.63) is 78.7 Å². The molecule has 112 valence electrons. The molecule has 0 unspecified atom stereocenters. The second-order valence-electron chi connectivity index (χ2n) is 5.21. The Balaban J connectivity index is 2.57. The zero-order chi connectivity index (χ0) is 15.8. The summed E-state index contributed by atoms with van der Waals surface area (Å²) in [7, 11) is 0. The number of allylic oxidation sites excluding steroid dienone is 2. The molecule has 0 aromatic heterocycles. The number of nitrogens with two attached hydrogens (primary N) is 2. The van der Waals surface area contributed by atoms with E-state index < -0.39 is 0 Å². The Bertz CT molecular complexity index is 538. The van der Waals surface area contributed by atoms with Gasteiger partial charge in [-0.2, -0.15) is 0 Å². The van der Waals surface area contributed by atoms with Crippen molar-refractivity contribution in [2.75, 3.05) is 18.8 Å². The molecule has 3 heteroatoms. The van der Waals surface area contributed by atoms with Gasteiger partial charge in [-0.15, -0.1) is 0 Å². The van der Waals surface area contributed by atoms with Gasteiger partial charge in [0.25, 0.3) is 0 Å². The van der Waals surface area contributed by atoms with E-state index in [9.17, 15) is 0 Å². The van der Waals surface area contributed by atoms with Crippen molar-refractivity contribution in [1.82, 2.24) is 4.90 Å². The van der Waals surface area contributed by atoms with Crippen LogP contribution in [0.2, 0.25) is 0 Å². The van der Waals surface area contributed by atoms with Crippen molar-refractivity contribution >= 4 is 5.69 Å². The van der Waals surface area contributed by atoms with Gasteiger partial charge in [0.2, 0.25) is 0 Å². The standard InChI is InChI=1S/C18H25N3/c1-14(2)21(13-15(3)5-6-16(4)19)12-11-17-7-9-18(20)10-8-17/h5-10H,1,3-4,11-13,19-20H2,2H3/b6-5-. The average Bonchev–Trinajstić information content (AvgIpc) is 2.42. The van der Waals surface area contributed by atoms with Crippen LogP contribution in [0.5, 0.6) is 0 Å². The fraction of sp³-hybridized carbons (Fsp3) is 0.222. The second kappa shape index (κ2) is 8.00. The van der Waals surface area contributed by atoms with Crippen LogP contribution in [0.25, 0.3) is 0 Å². The molecular formula is C18H25N3. The number of anilines is 1. The largest absolute Gasteiger partial charge is 0.399 e. The van der Waals surface area contributed by atoms with Gasteiger partial charge in [-0.05, 0) is 42.7 Å². The lowest BCUT2D eigenvalue weighted by Gasteiger charge is -2.25. The zero-order valence-electron chi connectivity index (χ0n) is 12.8. The quantitative estimate of drug-likeness (QED) is 0.569. The Kier molecular flexibility index (Phi) is 6.34. The summed E-state index contributed by atoms with van der Waals surface area (Å²) in [6, 6.07) is 7.96. The number of hydrogen-bond acceptors (Lipinski definition) is 3. The highest BCUT2D eigenvalue weighted by atomic mass is 15.1. The molecule has 0 amide bonds. The van der Waals surface area contributed by atoms with Crippen molar-refractivity contribution in [3.63, 3.8) is 0 Å². The Morgan fingerprint density at radius 3 is 2.29 bits per heavy atom. The number of nitrogens with zero attached hydrogens (tertiary/aromatic N) is 1. The highest BCUT2D eigenvalue weighted by molar-refractivity contribution is 5.39. The van der Waals surface area contributed by atoms with E-state index in [1.165, 1.54) is 5.56 Å². The molecule has 0 heterocycles. The van der Waals surface area contributed by atoms with Gasteiger partial charge in [0, 0.05) is 30.2 Å². The lowest BCUT2D eigenvalue weighted by atomic mass is 10.1. The van der Waals surface area contributed by atoms with E-state index in [0.717, 1.165) is 36.5 Å². The molecule has 0 aliphatic rings. The Morgan fingerprint density at radius 2 is 1.76 bits per heavy atom. The van der Waals surface area contributed by atoms with E-state index in [2.05, 4.69) is 36.8 Å². The third-order valence-electron chi connectivity index (χ3n) is 3.12. The minimum absolute atomic E-state index is 0.528. The third kappa shape index (κ3) is 6.52. The SMILES string of the molecule is C=C(N)/C=C\C(=C)CN(CCc1ccc(N)cc1)C(=C)C. The number of hydrogen-bond donors (Lipinski definition) is 2. The van der Waals surface area contributed by atoms with Crippen LogP contribution in [0.15, 0.2) is 73.1 Å². The van der Waals surface area contributed by atoms with Crippen LogP contribution in [0.4, 0.5) is 5.69 Å². The molecule has 4 N–H and O–H groups in total. The van der Waals surface area contributed by atoms with Crippen LogP contribution in [0, 0.1) is 0 Å². The second-order valence-corrected chi connectivity index (χ2v) is 5.21. The summed E-state index contributed by atoms with van der Waals surface area (Å²) in [4.78, 5) is 2.20. The van der Waals surface area contributed by atoms with Gasteiger partial charge in [-0.3, -0.25) is 0 Å². The molecule has 0 atom stereocenters. The molecule has 0 aliphatic heterocycles. The fourth-order valence-corrected chi connectivity index (χ4v) is 1.88. The molecule has 0 spiro atoms. The molecule has 1 aromatic rings. The Hall–Kier alpha value is -2.42. The molecule has 0 radical (unpaired) electrons. The van der Waals surface area contributed by atoms with Gasteiger partial charge in [0.15, 0.2) is 0 Å². The van der Waals surface area contributed by atoms with Gasteiger partial charge in [-0.1, -0.05) is 37.9 Å². The minimum Gasteiger partial charge on any atom is -0.399 e. The Labute approximate surface area is 127 Å². The summed E-state index contributed by atoms with van der Waals surface area (Å²) in [6.45, 7) is 15.3. The first-order valence-corrected chi connectivity index (χ1v) is 6.93. The highest BCUT2D eigenvalue weighted by Gasteiger charge is 2.05. The lowest BCUT2D eigenvalue weighted by molar-refractivity contribution is 0.381. The van der Waals surface area contributed by atoms with Gasteiger partial charge in [0.05, 0.1) is 0 Å². The maximum absolute atomic E-state index is 5.69. The van der Waals surface area contributed by atoms with Gasteiger partial charge >= 0.3 is 0 Å². The Morgan fingerprint density at radius 1 is 1.14 bits per heavy atom. The molecular weight excluding hydrogens is 258 g/mol. The molecule has 0 aliphatic carbocycles. The first kappa shape index (κ1) is 16.6. The van der Waals surface area contributed by atoms with Crippen LogP contribution in [-0.4, -0.2) is 18.0 Å². The normalized spacial score (nSPS) is 10.5. The highest BCUT2D eigenvalue weighted by Crippen LogP contribution is 2.11. The zero-order valence-corrected chi connectivity index (χ0v) is 12.8. The van der Waals surface area contributed by atoms with E-state index >= 15 is 0 Å². The molecule has 0 fully saturated rings. The van der Waals surface area contributed by atoms with E-state index in [0.29, 0.717) is 5.70 Å².